The Labute approximate surface area is 176 Å². The van der Waals surface area contributed by atoms with Crippen LogP contribution in [0.25, 0.3) is 0 Å². The van der Waals surface area contributed by atoms with Crippen LogP contribution < -0.4 is 0 Å². The van der Waals surface area contributed by atoms with E-state index in [1.54, 1.807) is 0 Å². The van der Waals surface area contributed by atoms with Gasteiger partial charge in [0.1, 0.15) is 0 Å². The molecule has 0 saturated carbocycles. The van der Waals surface area contributed by atoms with Crippen LogP contribution in [0.4, 0.5) is 0 Å². The highest BCUT2D eigenvalue weighted by atomic mass is 15.3. The van der Waals surface area contributed by atoms with Crippen molar-refractivity contribution in [3.63, 3.8) is 0 Å². The van der Waals surface area contributed by atoms with Crippen molar-refractivity contribution in [2.75, 3.05) is 39.3 Å². The van der Waals surface area contributed by atoms with Crippen molar-refractivity contribution in [2.45, 2.75) is 117 Å². The van der Waals surface area contributed by atoms with Gasteiger partial charge in [-0.15, -0.1) is 0 Å². The fourth-order valence-corrected chi connectivity index (χ4v) is 5.49. The highest BCUT2D eigenvalue weighted by Gasteiger charge is 2.29. The first kappa shape index (κ1) is 24.1. The van der Waals surface area contributed by atoms with Gasteiger partial charge in [0.25, 0.3) is 0 Å². The van der Waals surface area contributed by atoms with Crippen LogP contribution in [0.5, 0.6) is 0 Å². The van der Waals surface area contributed by atoms with Gasteiger partial charge < -0.3 is 0 Å². The Hall–Kier alpha value is -0.160. The number of hydrogen-bond acceptors (Lipinski definition) is 4. The largest absolute Gasteiger partial charge is 0.299 e. The summed E-state index contributed by atoms with van der Waals surface area (Å²) in [5, 5.41) is 0. The molecule has 2 saturated heterocycles. The maximum absolute atomic E-state index is 2.79. The average Bonchev–Trinajstić information content (AvgIpc) is 2.95. The van der Waals surface area contributed by atoms with Crippen molar-refractivity contribution in [2.24, 2.45) is 0 Å². The molecule has 0 aliphatic carbocycles. The van der Waals surface area contributed by atoms with Gasteiger partial charge >= 0.3 is 0 Å². The molecule has 4 nitrogen and oxygen atoms in total. The molecule has 2 rings (SSSR count). The molecular weight excluding hydrogens is 344 g/mol. The van der Waals surface area contributed by atoms with Gasteiger partial charge in [0.15, 0.2) is 0 Å². The van der Waals surface area contributed by atoms with Crippen molar-refractivity contribution in [1.29, 1.82) is 0 Å². The van der Waals surface area contributed by atoms with E-state index in [1.807, 2.05) is 0 Å². The molecule has 2 aliphatic heterocycles. The maximum Gasteiger partial charge on any atom is 0.0197 e. The van der Waals surface area contributed by atoms with Gasteiger partial charge in [0.05, 0.1) is 0 Å². The maximum atomic E-state index is 2.79. The minimum Gasteiger partial charge on any atom is -0.299 e. The minimum absolute atomic E-state index is 0.673. The third-order valence-corrected chi connectivity index (χ3v) is 7.45. The SMILES string of the molecule is CC(C)N1CCCN(C(C)CCC(C)N2CCCN(C(C)C)C[C@@H]2C)[C@@H](C)C1. The van der Waals surface area contributed by atoms with Crippen LogP contribution in [-0.4, -0.2) is 95.1 Å². The third kappa shape index (κ3) is 6.68. The first-order valence-corrected chi connectivity index (χ1v) is 12.2. The monoisotopic (exact) mass is 394 g/mol. The molecule has 4 atom stereocenters. The quantitative estimate of drug-likeness (QED) is 0.643. The van der Waals surface area contributed by atoms with Gasteiger partial charge in [0, 0.05) is 49.3 Å². The lowest BCUT2D eigenvalue weighted by atomic mass is 10.0. The summed E-state index contributed by atoms with van der Waals surface area (Å²) >= 11 is 0. The van der Waals surface area contributed by atoms with E-state index >= 15 is 0 Å². The highest BCUT2D eigenvalue weighted by Crippen LogP contribution is 2.22. The van der Waals surface area contributed by atoms with Crippen LogP contribution >= 0.6 is 0 Å². The molecule has 0 aromatic heterocycles. The lowest BCUT2D eigenvalue weighted by Crippen LogP contribution is -2.47. The fourth-order valence-electron chi connectivity index (χ4n) is 5.49. The smallest absolute Gasteiger partial charge is 0.0197 e. The molecule has 2 unspecified atom stereocenters. The normalized spacial score (nSPS) is 29.8. The lowest BCUT2D eigenvalue weighted by molar-refractivity contribution is 0.106. The van der Waals surface area contributed by atoms with Crippen molar-refractivity contribution in [3.05, 3.63) is 0 Å². The van der Waals surface area contributed by atoms with Crippen LogP contribution in [0.15, 0.2) is 0 Å². The summed E-state index contributed by atoms with van der Waals surface area (Å²) in [6, 6.07) is 4.08. The zero-order valence-corrected chi connectivity index (χ0v) is 20.3. The number of hydrogen-bond donors (Lipinski definition) is 0. The highest BCUT2D eigenvalue weighted by molar-refractivity contribution is 4.85. The predicted molar refractivity (Wildman–Crippen MR) is 123 cm³/mol. The Morgan fingerprint density at radius 2 is 0.964 bits per heavy atom. The number of nitrogens with zero attached hydrogens (tertiary/aromatic N) is 4. The summed E-state index contributed by atoms with van der Waals surface area (Å²) in [5.74, 6) is 0. The molecule has 2 aliphatic rings. The average molecular weight is 395 g/mol. The molecule has 0 aromatic rings. The van der Waals surface area contributed by atoms with Gasteiger partial charge in [0.2, 0.25) is 0 Å². The van der Waals surface area contributed by atoms with E-state index in [9.17, 15) is 0 Å². The Bertz CT molecular complexity index is 398. The minimum atomic E-state index is 0.673. The third-order valence-electron chi connectivity index (χ3n) is 7.45. The molecule has 0 bridgehead atoms. The summed E-state index contributed by atoms with van der Waals surface area (Å²) in [5.41, 5.74) is 0. The zero-order chi connectivity index (χ0) is 20.8. The van der Waals surface area contributed by atoms with Crippen molar-refractivity contribution < 1.29 is 0 Å². The van der Waals surface area contributed by atoms with Crippen LogP contribution in [0.2, 0.25) is 0 Å². The predicted octanol–water partition coefficient (Wildman–Crippen LogP) is 4.15. The molecule has 166 valence electrons. The number of rotatable bonds is 7. The molecular formula is C24H50N4. The molecule has 0 N–H and O–H groups in total. The Morgan fingerprint density at radius 1 is 0.607 bits per heavy atom. The second kappa shape index (κ2) is 11.3. The summed E-state index contributed by atoms with van der Waals surface area (Å²) in [6.45, 7) is 26.7. The van der Waals surface area contributed by atoms with Gasteiger partial charge in [-0.25, -0.2) is 0 Å². The summed E-state index contributed by atoms with van der Waals surface area (Å²) < 4.78 is 0. The van der Waals surface area contributed by atoms with Crippen LogP contribution in [0.1, 0.15) is 81.1 Å². The summed E-state index contributed by atoms with van der Waals surface area (Å²) in [7, 11) is 0. The van der Waals surface area contributed by atoms with E-state index in [-0.39, 0.29) is 0 Å². The van der Waals surface area contributed by atoms with Crippen molar-refractivity contribution >= 4 is 0 Å². The Kier molecular flexibility index (Phi) is 9.72. The second-order valence-corrected chi connectivity index (χ2v) is 10.3. The van der Waals surface area contributed by atoms with E-state index in [1.165, 1.54) is 65.0 Å². The molecule has 28 heavy (non-hydrogen) atoms. The van der Waals surface area contributed by atoms with Crippen LogP contribution in [0.3, 0.4) is 0 Å². The molecule has 0 amide bonds. The standard InChI is InChI=1S/C24H50N4/c1-19(2)25-13-9-15-27(23(7)17-25)21(5)11-12-22(6)28-16-10-14-26(20(3)4)18-24(28)8/h19-24H,9-18H2,1-8H3/t21?,22?,23-,24-/m0/s1. The van der Waals surface area contributed by atoms with Crippen LogP contribution in [0, 0.1) is 0 Å². The summed E-state index contributed by atoms with van der Waals surface area (Å²) in [4.78, 5) is 10.9. The first-order valence-electron chi connectivity index (χ1n) is 12.2. The van der Waals surface area contributed by atoms with Crippen molar-refractivity contribution in [3.8, 4) is 0 Å². The molecule has 4 heteroatoms. The Balaban J connectivity index is 1.85. The first-order chi connectivity index (χ1) is 13.2. The van der Waals surface area contributed by atoms with E-state index < -0.39 is 0 Å². The van der Waals surface area contributed by atoms with E-state index in [2.05, 4.69) is 75.0 Å². The van der Waals surface area contributed by atoms with Gasteiger partial charge in [-0.3, -0.25) is 19.6 Å². The zero-order valence-electron chi connectivity index (χ0n) is 20.3. The molecule has 0 spiro atoms. The van der Waals surface area contributed by atoms with Crippen molar-refractivity contribution in [1.82, 2.24) is 19.6 Å². The Morgan fingerprint density at radius 3 is 1.29 bits per heavy atom. The van der Waals surface area contributed by atoms with Gasteiger partial charge in [-0.2, -0.15) is 0 Å². The second-order valence-electron chi connectivity index (χ2n) is 10.3. The van der Waals surface area contributed by atoms with E-state index in [4.69, 9.17) is 0 Å². The molecule has 2 heterocycles. The lowest BCUT2D eigenvalue weighted by Gasteiger charge is -2.37. The van der Waals surface area contributed by atoms with Crippen LogP contribution in [-0.2, 0) is 0 Å². The van der Waals surface area contributed by atoms with Gasteiger partial charge in [-0.1, -0.05) is 0 Å². The fraction of sp³-hybridized carbons (Fsp3) is 1.00. The van der Waals surface area contributed by atoms with E-state index in [0.717, 1.165) is 0 Å². The van der Waals surface area contributed by atoms with E-state index in [0.29, 0.717) is 36.3 Å². The van der Waals surface area contributed by atoms with Gasteiger partial charge in [-0.05, 0) is 107 Å². The molecule has 2 fully saturated rings. The molecule has 0 radical (unpaired) electrons. The topological polar surface area (TPSA) is 13.0 Å². The summed E-state index contributed by atoms with van der Waals surface area (Å²) in [6.07, 6.45) is 5.28. The molecule has 0 aromatic carbocycles.